The quantitative estimate of drug-likeness (QED) is 0.439. The minimum absolute atomic E-state index is 0.0428. The molecule has 11 nitrogen and oxygen atoms in total. The summed E-state index contributed by atoms with van der Waals surface area (Å²) in [5.41, 5.74) is 0.668. The topological polar surface area (TPSA) is 138 Å². The van der Waals surface area contributed by atoms with Crippen molar-refractivity contribution in [2.24, 2.45) is 5.10 Å². The van der Waals surface area contributed by atoms with E-state index in [0.717, 1.165) is 43.3 Å². The predicted molar refractivity (Wildman–Crippen MR) is 126 cm³/mol. The van der Waals surface area contributed by atoms with Gasteiger partial charge in [0.2, 0.25) is 11.8 Å². The molecule has 0 radical (unpaired) electrons. The van der Waals surface area contributed by atoms with Crippen LogP contribution in [0.3, 0.4) is 0 Å². The average Bonchev–Trinajstić information content (AvgIpc) is 3.21. The number of carbonyl (C=O) groups excluding carboxylic acids is 1. The molecule has 178 valence electrons. The van der Waals surface area contributed by atoms with Gasteiger partial charge in [-0.15, -0.1) is 5.10 Å². The van der Waals surface area contributed by atoms with Crippen molar-refractivity contribution in [3.05, 3.63) is 30.6 Å². The van der Waals surface area contributed by atoms with E-state index in [4.69, 9.17) is 14.8 Å². The Morgan fingerprint density at radius 2 is 2.03 bits per heavy atom. The number of fused-ring (bicyclic) bond motifs is 4. The zero-order valence-electron chi connectivity index (χ0n) is 18.9. The highest BCUT2D eigenvalue weighted by atomic mass is 32.2. The van der Waals surface area contributed by atoms with Gasteiger partial charge in [-0.25, -0.2) is 15.0 Å². The van der Waals surface area contributed by atoms with Crippen LogP contribution in [0.15, 0.2) is 40.7 Å². The smallest absolute Gasteiger partial charge is 0.309 e. The number of rotatable bonds is 4. The van der Waals surface area contributed by atoms with E-state index < -0.39 is 22.6 Å². The minimum atomic E-state index is -2.39. The molecule has 0 saturated heterocycles. The second-order valence-electron chi connectivity index (χ2n) is 8.36. The molecule has 12 heteroatoms. The highest BCUT2D eigenvalue weighted by Crippen LogP contribution is 2.45. The number of hydrogen-bond donors (Lipinski definition) is 1. The average molecular weight is 483 g/mol. The van der Waals surface area contributed by atoms with Crippen LogP contribution in [-0.2, 0) is 26.2 Å². The van der Waals surface area contributed by atoms with E-state index in [1.54, 1.807) is 12.3 Å². The Hall–Kier alpha value is -3.38. The number of anilines is 3. The molecule has 1 fully saturated rings. The van der Waals surface area contributed by atoms with Crippen molar-refractivity contribution < 1.29 is 18.3 Å². The second kappa shape index (κ2) is 8.76. The van der Waals surface area contributed by atoms with Gasteiger partial charge in [-0.05, 0) is 49.0 Å². The zero-order chi connectivity index (χ0) is 23.9. The van der Waals surface area contributed by atoms with Gasteiger partial charge in [0.25, 0.3) is 0 Å². The third-order valence-corrected chi connectivity index (χ3v) is 6.79. The maximum Gasteiger partial charge on any atom is 0.309 e. The number of nitrogens with one attached hydrogen (secondary N) is 1. The first-order chi connectivity index (χ1) is 16.4. The first kappa shape index (κ1) is 22.4. The highest BCUT2D eigenvalue weighted by Gasteiger charge is 2.47. The number of ether oxygens (including phenoxy) is 1. The fraction of sp³-hybridized carbons (Fsp3) is 0.409. The molecule has 1 atom stereocenters. The molecule has 5 rings (SSSR count). The van der Waals surface area contributed by atoms with E-state index in [1.165, 1.54) is 19.2 Å². The molecule has 3 aromatic heterocycles. The summed E-state index contributed by atoms with van der Waals surface area (Å²) in [4.78, 5) is 25.1. The van der Waals surface area contributed by atoms with Crippen molar-refractivity contribution in [1.82, 2.24) is 19.5 Å². The van der Waals surface area contributed by atoms with Crippen LogP contribution >= 0.6 is 0 Å². The minimum Gasteiger partial charge on any atom is -0.767 e. The molecule has 1 spiro atoms. The van der Waals surface area contributed by atoms with Gasteiger partial charge in [0.1, 0.15) is 22.0 Å². The van der Waals surface area contributed by atoms with Crippen LogP contribution in [-0.4, -0.2) is 46.7 Å². The van der Waals surface area contributed by atoms with Crippen molar-refractivity contribution in [1.29, 1.82) is 0 Å². The number of carbonyl (C=O) groups is 1. The summed E-state index contributed by atoms with van der Waals surface area (Å²) in [5, 5.41) is 10.4. The lowest BCUT2D eigenvalue weighted by atomic mass is 9.80. The van der Waals surface area contributed by atoms with E-state index >= 15 is 0 Å². The molecule has 3 aromatic rings. The van der Waals surface area contributed by atoms with Crippen molar-refractivity contribution in [3.63, 3.8) is 0 Å². The maximum absolute atomic E-state index is 12.0. The van der Waals surface area contributed by atoms with E-state index in [-0.39, 0.29) is 5.03 Å². The monoisotopic (exact) mass is 482 g/mol. The molecule has 0 amide bonds. The summed E-state index contributed by atoms with van der Waals surface area (Å²) in [7, 11) is 0. The van der Waals surface area contributed by atoms with Crippen LogP contribution < -0.4 is 10.3 Å². The lowest BCUT2D eigenvalue weighted by molar-refractivity contribution is -0.133. The number of hydrogen-bond acceptors (Lipinski definition) is 10. The van der Waals surface area contributed by atoms with Crippen LogP contribution in [0.4, 0.5) is 17.5 Å². The van der Waals surface area contributed by atoms with Crippen LogP contribution in [0, 0.1) is 0 Å². The fourth-order valence-corrected chi connectivity index (χ4v) is 5.06. The van der Waals surface area contributed by atoms with Crippen molar-refractivity contribution in [3.8, 4) is 0 Å². The molecular weight excluding hydrogens is 458 g/mol. The zero-order valence-corrected chi connectivity index (χ0v) is 19.7. The third-order valence-electron chi connectivity index (χ3n) is 6.21. The largest absolute Gasteiger partial charge is 0.767 e. The molecule has 0 aromatic carbocycles. The van der Waals surface area contributed by atoms with E-state index in [1.807, 2.05) is 18.0 Å². The van der Waals surface area contributed by atoms with Crippen molar-refractivity contribution >= 4 is 51.4 Å². The third kappa shape index (κ3) is 3.82. The van der Waals surface area contributed by atoms with Gasteiger partial charge in [-0.1, -0.05) is 19.3 Å². The van der Waals surface area contributed by atoms with Gasteiger partial charge >= 0.3 is 5.97 Å². The normalized spacial score (nSPS) is 17.9. The summed E-state index contributed by atoms with van der Waals surface area (Å²) in [5.74, 6) is 1.24. The molecule has 1 aliphatic heterocycles. The summed E-state index contributed by atoms with van der Waals surface area (Å²) in [6, 6.07) is 5.01. The van der Waals surface area contributed by atoms with Crippen LogP contribution in [0.25, 0.3) is 11.0 Å². The molecule has 1 saturated carbocycles. The maximum atomic E-state index is 12.0. The standard InChI is InChI=1S/C22H25N7O4S/c1-3-28-18-11-15-12-24-21(25-16-7-8-17(23-13-16)34(31)32)26-19(15)29(18)22(9-5-4-6-10-22)20(27-28)33-14(2)30/h7-8,11-13H,3-6,9-10H2,1-2H3,(H,31,32)(H,24,25,26)/p-1. The molecule has 2 aliphatic rings. The van der Waals surface area contributed by atoms with Gasteiger partial charge in [0.15, 0.2) is 0 Å². The Kier molecular flexibility index (Phi) is 5.78. The summed E-state index contributed by atoms with van der Waals surface area (Å²) in [6.45, 7) is 3.97. The summed E-state index contributed by atoms with van der Waals surface area (Å²) in [6.07, 6.45) is 7.82. The lowest BCUT2D eigenvalue weighted by Gasteiger charge is -2.43. The van der Waals surface area contributed by atoms with Gasteiger partial charge in [0, 0.05) is 25.1 Å². The number of aromatic nitrogens is 4. The molecular formula is C22H24N7O4S-. The lowest BCUT2D eigenvalue weighted by Crippen LogP contribution is -2.50. The molecule has 1 N–H and O–H groups in total. The van der Waals surface area contributed by atoms with E-state index in [9.17, 15) is 13.6 Å². The summed E-state index contributed by atoms with van der Waals surface area (Å²) >= 11 is -2.39. The Bertz CT molecular complexity index is 1300. The predicted octanol–water partition coefficient (Wildman–Crippen LogP) is 3.18. The summed E-state index contributed by atoms with van der Waals surface area (Å²) < 4.78 is 29.9. The van der Waals surface area contributed by atoms with Crippen LogP contribution in [0.1, 0.15) is 46.0 Å². The fourth-order valence-electron chi connectivity index (χ4n) is 4.74. The molecule has 1 aliphatic carbocycles. The van der Waals surface area contributed by atoms with Gasteiger partial charge in [0.05, 0.1) is 11.9 Å². The first-order valence-electron chi connectivity index (χ1n) is 11.2. The van der Waals surface area contributed by atoms with Gasteiger partial charge in [-0.3, -0.25) is 13.6 Å². The van der Waals surface area contributed by atoms with Crippen molar-refractivity contribution in [2.45, 2.75) is 56.5 Å². The van der Waals surface area contributed by atoms with Crippen LogP contribution in [0.5, 0.6) is 0 Å². The molecule has 34 heavy (non-hydrogen) atoms. The Balaban J connectivity index is 1.61. The Morgan fingerprint density at radius 3 is 2.68 bits per heavy atom. The Labute approximate surface area is 198 Å². The molecule has 0 bridgehead atoms. The Morgan fingerprint density at radius 1 is 1.24 bits per heavy atom. The SMILES string of the molecule is CCN1N=C(OC(C)=O)C2(CCCCC2)n2c1cc1cnc(Nc3ccc(S(=O)[O-])nc3)nc12. The van der Waals surface area contributed by atoms with Gasteiger partial charge < -0.3 is 14.6 Å². The van der Waals surface area contributed by atoms with E-state index in [0.29, 0.717) is 29.7 Å². The van der Waals surface area contributed by atoms with E-state index in [2.05, 4.69) is 19.9 Å². The number of esters is 1. The number of nitrogens with zero attached hydrogens (tertiary/aromatic N) is 6. The number of hydrazone groups is 1. The van der Waals surface area contributed by atoms with Gasteiger partial charge in [-0.2, -0.15) is 4.98 Å². The highest BCUT2D eigenvalue weighted by molar-refractivity contribution is 7.79. The first-order valence-corrected chi connectivity index (χ1v) is 12.2. The number of pyridine rings is 1. The van der Waals surface area contributed by atoms with Crippen LogP contribution in [0.2, 0.25) is 0 Å². The van der Waals surface area contributed by atoms with Crippen molar-refractivity contribution in [2.75, 3.05) is 16.9 Å². The molecule has 1 unspecified atom stereocenters. The molecule has 4 heterocycles. The second-order valence-corrected chi connectivity index (χ2v) is 9.25.